The molecule has 5 rings (SSSR count). The number of Topliss-reactive ketones (excluding diaryl/α,β-unsaturated/α-hetero) is 1. The van der Waals surface area contributed by atoms with Crippen molar-refractivity contribution in [3.63, 3.8) is 0 Å². The lowest BCUT2D eigenvalue weighted by molar-refractivity contribution is -0.142. The Labute approximate surface area is 189 Å². The van der Waals surface area contributed by atoms with Crippen LogP contribution in [0.5, 0.6) is 0 Å². The molecule has 0 N–H and O–H groups in total. The van der Waals surface area contributed by atoms with Gasteiger partial charge in [-0.15, -0.1) is 0 Å². The van der Waals surface area contributed by atoms with Gasteiger partial charge in [0.25, 0.3) is 0 Å². The molecule has 0 saturated heterocycles. The fourth-order valence-corrected chi connectivity index (χ4v) is 9.00. The van der Waals surface area contributed by atoms with Crippen LogP contribution in [0.2, 0.25) is 0 Å². The van der Waals surface area contributed by atoms with Gasteiger partial charge < -0.3 is 0 Å². The molecule has 0 aromatic carbocycles. The standard InChI is InChI=1S/C26H37F3N2O/c1-15-4-6-18-17(12-15)5-7-20-19(18)8-10-25(3)21(20)13-16(2)24(25)22(32)14-31-11-9-23(30-31)26(27,28)29/h9,11,15-21,24H,4-8,10,12-14H2,1-3H3. The first kappa shape index (κ1) is 22.5. The van der Waals surface area contributed by atoms with Gasteiger partial charge in [0.1, 0.15) is 0 Å². The van der Waals surface area contributed by atoms with Crippen molar-refractivity contribution in [3.8, 4) is 0 Å². The maximum atomic E-state index is 13.4. The summed E-state index contributed by atoms with van der Waals surface area (Å²) < 4.78 is 40.0. The molecule has 32 heavy (non-hydrogen) atoms. The molecule has 1 aromatic heterocycles. The molecule has 0 aliphatic heterocycles. The van der Waals surface area contributed by atoms with Crippen molar-refractivity contribution in [1.29, 1.82) is 0 Å². The Morgan fingerprint density at radius 2 is 1.84 bits per heavy atom. The third-order valence-corrected chi connectivity index (χ3v) is 10.2. The summed E-state index contributed by atoms with van der Waals surface area (Å²) in [5, 5.41) is 3.63. The van der Waals surface area contributed by atoms with Crippen molar-refractivity contribution in [2.24, 2.45) is 52.8 Å². The van der Waals surface area contributed by atoms with Gasteiger partial charge in [-0.05, 0) is 97.9 Å². The van der Waals surface area contributed by atoms with Gasteiger partial charge in [-0.1, -0.05) is 27.2 Å². The zero-order chi connectivity index (χ0) is 22.8. The van der Waals surface area contributed by atoms with Crippen LogP contribution in [0.25, 0.3) is 0 Å². The van der Waals surface area contributed by atoms with E-state index in [0.29, 0.717) is 5.92 Å². The van der Waals surface area contributed by atoms with E-state index < -0.39 is 11.9 Å². The molecule has 9 unspecified atom stereocenters. The number of ketones is 1. The van der Waals surface area contributed by atoms with Crippen LogP contribution >= 0.6 is 0 Å². The summed E-state index contributed by atoms with van der Waals surface area (Å²) in [6.45, 7) is 6.87. The maximum absolute atomic E-state index is 13.4. The third kappa shape index (κ3) is 3.64. The van der Waals surface area contributed by atoms with Gasteiger partial charge >= 0.3 is 6.18 Å². The Kier molecular flexibility index (Phi) is 5.52. The molecule has 9 atom stereocenters. The van der Waals surface area contributed by atoms with E-state index in [0.717, 1.165) is 48.5 Å². The molecule has 1 heterocycles. The van der Waals surface area contributed by atoms with Crippen molar-refractivity contribution in [2.45, 2.75) is 84.9 Å². The van der Waals surface area contributed by atoms with Crippen molar-refractivity contribution < 1.29 is 18.0 Å². The third-order valence-electron chi connectivity index (χ3n) is 10.2. The number of hydrogen-bond donors (Lipinski definition) is 0. The van der Waals surface area contributed by atoms with E-state index in [-0.39, 0.29) is 29.6 Å². The summed E-state index contributed by atoms with van der Waals surface area (Å²) in [6.07, 6.45) is 7.04. The average Bonchev–Trinajstić information content (AvgIpc) is 3.28. The smallest absolute Gasteiger partial charge is 0.297 e. The van der Waals surface area contributed by atoms with Gasteiger partial charge in [0.2, 0.25) is 0 Å². The molecule has 4 aliphatic rings. The van der Waals surface area contributed by atoms with E-state index in [1.807, 2.05) is 0 Å². The highest BCUT2D eigenvalue weighted by atomic mass is 19.4. The number of carbonyl (C=O) groups excluding carboxylic acids is 1. The van der Waals surface area contributed by atoms with Crippen LogP contribution < -0.4 is 0 Å². The second-order valence-electron chi connectivity index (χ2n) is 12.0. The second kappa shape index (κ2) is 7.87. The number of halogens is 3. The number of hydrogen-bond acceptors (Lipinski definition) is 2. The van der Waals surface area contributed by atoms with Crippen molar-refractivity contribution in [2.75, 3.05) is 0 Å². The molecule has 0 radical (unpaired) electrons. The summed E-state index contributed by atoms with van der Waals surface area (Å²) >= 11 is 0. The molecule has 4 saturated carbocycles. The number of carbonyl (C=O) groups is 1. The van der Waals surface area contributed by atoms with Gasteiger partial charge in [0, 0.05) is 12.1 Å². The van der Waals surface area contributed by atoms with Gasteiger partial charge in [-0.2, -0.15) is 18.3 Å². The summed E-state index contributed by atoms with van der Waals surface area (Å²) in [5.74, 6) is 5.06. The highest BCUT2D eigenvalue weighted by molar-refractivity contribution is 5.82. The zero-order valence-corrected chi connectivity index (χ0v) is 19.6. The molecule has 4 fully saturated rings. The SMILES string of the molecule is CC1CCC2C(CCC3C2CCC2(C)C3CC(C)C2C(=O)Cn2ccc(C(F)(F)F)n2)C1. The molecule has 6 heteroatoms. The monoisotopic (exact) mass is 450 g/mol. The van der Waals surface area contributed by atoms with E-state index in [1.165, 1.54) is 49.4 Å². The van der Waals surface area contributed by atoms with Crippen molar-refractivity contribution in [3.05, 3.63) is 18.0 Å². The first-order valence-corrected chi connectivity index (χ1v) is 12.7. The lowest BCUT2D eigenvalue weighted by Gasteiger charge is -2.56. The molecule has 3 nitrogen and oxygen atoms in total. The minimum Gasteiger partial charge on any atom is -0.297 e. The minimum atomic E-state index is -4.47. The molecule has 178 valence electrons. The summed E-state index contributed by atoms with van der Waals surface area (Å²) in [5.41, 5.74) is -0.945. The fourth-order valence-electron chi connectivity index (χ4n) is 9.00. The van der Waals surface area contributed by atoms with Crippen LogP contribution in [0.4, 0.5) is 13.2 Å². The molecule has 4 aliphatic carbocycles. The molecule has 0 spiro atoms. The Balaban J connectivity index is 1.33. The van der Waals surface area contributed by atoms with Gasteiger partial charge in [-0.3, -0.25) is 9.48 Å². The molecule has 0 amide bonds. The highest BCUT2D eigenvalue weighted by Crippen LogP contribution is 2.65. The normalized spacial score (nSPS) is 43.9. The van der Waals surface area contributed by atoms with Crippen molar-refractivity contribution >= 4 is 5.78 Å². The largest absolute Gasteiger partial charge is 0.435 e. The lowest BCUT2D eigenvalue weighted by atomic mass is 9.49. The number of alkyl halides is 3. The number of nitrogens with zero attached hydrogens (tertiary/aromatic N) is 2. The van der Waals surface area contributed by atoms with Crippen LogP contribution in [-0.4, -0.2) is 15.6 Å². The Hall–Kier alpha value is -1.33. The lowest BCUT2D eigenvalue weighted by Crippen LogP contribution is -2.49. The number of rotatable bonds is 3. The molecule has 1 aromatic rings. The Morgan fingerprint density at radius 1 is 1.09 bits per heavy atom. The van der Waals surface area contributed by atoms with Crippen molar-refractivity contribution in [1.82, 2.24) is 9.78 Å². The van der Waals surface area contributed by atoms with Gasteiger partial charge in [0.15, 0.2) is 11.5 Å². The van der Waals surface area contributed by atoms with Crippen LogP contribution in [0.1, 0.15) is 77.8 Å². The first-order valence-electron chi connectivity index (χ1n) is 12.7. The quantitative estimate of drug-likeness (QED) is 0.519. The average molecular weight is 451 g/mol. The highest BCUT2D eigenvalue weighted by Gasteiger charge is 2.60. The van der Waals surface area contributed by atoms with Gasteiger partial charge in [-0.25, -0.2) is 0 Å². The topological polar surface area (TPSA) is 34.9 Å². The predicted octanol–water partition coefficient (Wildman–Crippen LogP) is 6.62. The summed E-state index contributed by atoms with van der Waals surface area (Å²) in [4.78, 5) is 13.4. The predicted molar refractivity (Wildman–Crippen MR) is 117 cm³/mol. The maximum Gasteiger partial charge on any atom is 0.435 e. The summed E-state index contributed by atoms with van der Waals surface area (Å²) in [6, 6.07) is 0.963. The van der Waals surface area contributed by atoms with E-state index >= 15 is 0 Å². The Bertz CT molecular complexity index is 863. The summed E-state index contributed by atoms with van der Waals surface area (Å²) in [7, 11) is 0. The fraction of sp³-hybridized carbons (Fsp3) is 0.846. The van der Waals surface area contributed by atoms with Crippen LogP contribution in [0.3, 0.4) is 0 Å². The zero-order valence-electron chi connectivity index (χ0n) is 19.6. The molecular weight excluding hydrogens is 413 g/mol. The van der Waals surface area contributed by atoms with E-state index in [2.05, 4.69) is 25.9 Å². The van der Waals surface area contributed by atoms with E-state index in [1.54, 1.807) is 0 Å². The number of aromatic nitrogens is 2. The first-order chi connectivity index (χ1) is 15.1. The van der Waals surface area contributed by atoms with E-state index in [9.17, 15) is 18.0 Å². The van der Waals surface area contributed by atoms with E-state index in [4.69, 9.17) is 0 Å². The molecule has 0 bridgehead atoms. The molecular formula is C26H37F3N2O. The second-order valence-corrected chi connectivity index (χ2v) is 12.0. The Morgan fingerprint density at radius 3 is 2.56 bits per heavy atom. The number of fused-ring (bicyclic) bond motifs is 5. The minimum absolute atomic E-state index is 0.0214. The van der Waals surface area contributed by atoms with Crippen LogP contribution in [0.15, 0.2) is 12.3 Å². The van der Waals surface area contributed by atoms with Crippen LogP contribution in [0, 0.1) is 52.8 Å². The van der Waals surface area contributed by atoms with Gasteiger partial charge in [0.05, 0.1) is 6.54 Å². The van der Waals surface area contributed by atoms with Crippen LogP contribution in [-0.2, 0) is 17.5 Å².